The van der Waals surface area contributed by atoms with Crippen molar-refractivity contribution in [2.45, 2.75) is 25.9 Å². The van der Waals surface area contributed by atoms with E-state index in [0.717, 1.165) is 41.2 Å². The summed E-state index contributed by atoms with van der Waals surface area (Å²) < 4.78 is 7.73. The fraction of sp³-hybridized carbons (Fsp3) is 0.200. The molecule has 0 fully saturated rings. The average Bonchev–Trinajstić information content (AvgIpc) is 3.02. The third-order valence-corrected chi connectivity index (χ3v) is 4.27. The van der Waals surface area contributed by atoms with Crippen molar-refractivity contribution >= 4 is 5.78 Å². The number of aromatic nitrogens is 2. The van der Waals surface area contributed by atoms with Gasteiger partial charge in [0.15, 0.2) is 5.78 Å². The third-order valence-electron chi connectivity index (χ3n) is 4.27. The van der Waals surface area contributed by atoms with Crippen molar-refractivity contribution in [3.8, 4) is 11.4 Å². The normalized spacial score (nSPS) is 13.6. The minimum atomic E-state index is 0.171. The van der Waals surface area contributed by atoms with Gasteiger partial charge in [-0.05, 0) is 37.1 Å². The van der Waals surface area contributed by atoms with E-state index in [2.05, 4.69) is 0 Å². The molecule has 0 atom stereocenters. The molecule has 3 aromatic rings. The lowest BCUT2D eigenvalue weighted by molar-refractivity contribution is 0.0969. The van der Waals surface area contributed by atoms with Gasteiger partial charge in [0.25, 0.3) is 0 Å². The maximum absolute atomic E-state index is 12.5. The first-order valence-electron chi connectivity index (χ1n) is 8.20. The molecule has 0 saturated carbocycles. The number of hydrogen-bond acceptors (Lipinski definition) is 3. The van der Waals surface area contributed by atoms with E-state index in [1.54, 1.807) is 0 Å². The van der Waals surface area contributed by atoms with Crippen LogP contribution in [-0.4, -0.2) is 15.6 Å². The summed E-state index contributed by atoms with van der Waals surface area (Å²) in [6, 6.07) is 19.6. The topological polar surface area (TPSA) is 44.1 Å². The van der Waals surface area contributed by atoms with Gasteiger partial charge in [0.1, 0.15) is 18.1 Å². The molecule has 2 aromatic carbocycles. The lowest BCUT2D eigenvalue weighted by atomic mass is 9.94. The fourth-order valence-electron chi connectivity index (χ4n) is 3.15. The molecule has 0 radical (unpaired) electrons. The molecule has 0 unspecified atom stereocenters. The summed E-state index contributed by atoms with van der Waals surface area (Å²) in [5.41, 5.74) is 3.46. The Morgan fingerprint density at radius 3 is 2.42 bits per heavy atom. The van der Waals surface area contributed by atoms with Crippen molar-refractivity contribution in [2.24, 2.45) is 0 Å². The molecule has 24 heavy (non-hydrogen) atoms. The highest BCUT2D eigenvalue weighted by Crippen LogP contribution is 2.27. The molecule has 0 bridgehead atoms. The van der Waals surface area contributed by atoms with Gasteiger partial charge in [-0.15, -0.1) is 0 Å². The first kappa shape index (κ1) is 14.7. The van der Waals surface area contributed by atoms with E-state index in [0.29, 0.717) is 13.0 Å². The van der Waals surface area contributed by atoms with Crippen molar-refractivity contribution in [1.29, 1.82) is 0 Å². The number of benzene rings is 2. The molecule has 0 N–H and O–H groups in total. The summed E-state index contributed by atoms with van der Waals surface area (Å²) in [6.07, 6.45) is 2.34. The Kier molecular flexibility index (Phi) is 3.87. The minimum Gasteiger partial charge on any atom is -0.487 e. The molecule has 4 rings (SSSR count). The van der Waals surface area contributed by atoms with Crippen LogP contribution in [-0.2, 0) is 13.0 Å². The number of Topliss-reactive ketones (excluding diaryl/α,β-unsaturated/α-hetero) is 1. The van der Waals surface area contributed by atoms with Crippen molar-refractivity contribution < 1.29 is 9.53 Å². The highest BCUT2D eigenvalue weighted by Gasteiger charge is 2.27. The molecule has 1 aromatic heterocycles. The van der Waals surface area contributed by atoms with E-state index in [9.17, 15) is 4.79 Å². The number of para-hydroxylation sites is 2. The van der Waals surface area contributed by atoms with Crippen molar-refractivity contribution in [3.05, 3.63) is 77.6 Å². The fourth-order valence-corrected chi connectivity index (χ4v) is 3.15. The smallest absolute Gasteiger partial charge is 0.166 e. The first-order valence-corrected chi connectivity index (χ1v) is 8.20. The Hall–Kier alpha value is -2.88. The van der Waals surface area contributed by atoms with Gasteiger partial charge >= 0.3 is 0 Å². The quantitative estimate of drug-likeness (QED) is 0.731. The van der Waals surface area contributed by atoms with Gasteiger partial charge in [-0.2, -0.15) is 5.10 Å². The zero-order chi connectivity index (χ0) is 16.4. The van der Waals surface area contributed by atoms with E-state index in [-0.39, 0.29) is 5.78 Å². The second kappa shape index (κ2) is 6.32. The van der Waals surface area contributed by atoms with Gasteiger partial charge in [-0.25, -0.2) is 4.68 Å². The summed E-state index contributed by atoms with van der Waals surface area (Å²) in [5, 5.41) is 4.70. The van der Waals surface area contributed by atoms with E-state index in [1.165, 1.54) is 0 Å². The summed E-state index contributed by atoms with van der Waals surface area (Å²) in [5.74, 6) is 0.953. The van der Waals surface area contributed by atoms with Gasteiger partial charge in [0.05, 0.1) is 16.9 Å². The monoisotopic (exact) mass is 318 g/mol. The molecule has 4 nitrogen and oxygen atoms in total. The van der Waals surface area contributed by atoms with E-state index >= 15 is 0 Å². The van der Waals surface area contributed by atoms with Crippen LogP contribution in [0.3, 0.4) is 0 Å². The van der Waals surface area contributed by atoms with Crippen LogP contribution >= 0.6 is 0 Å². The summed E-state index contributed by atoms with van der Waals surface area (Å²) in [7, 11) is 0. The SMILES string of the molecule is O=C1CCCc2c1c(COc1ccccc1)nn2-c1ccccc1. The minimum absolute atomic E-state index is 0.171. The van der Waals surface area contributed by atoms with Gasteiger partial charge in [-0.3, -0.25) is 4.79 Å². The maximum atomic E-state index is 12.5. The summed E-state index contributed by atoms with van der Waals surface area (Å²) in [4.78, 5) is 12.5. The predicted molar refractivity (Wildman–Crippen MR) is 91.6 cm³/mol. The van der Waals surface area contributed by atoms with Crippen LogP contribution in [0.5, 0.6) is 5.75 Å². The summed E-state index contributed by atoms with van der Waals surface area (Å²) in [6.45, 7) is 0.303. The number of fused-ring (bicyclic) bond motifs is 1. The Bertz CT molecular complexity index is 854. The number of ketones is 1. The van der Waals surface area contributed by atoms with Crippen LogP contribution in [0.2, 0.25) is 0 Å². The van der Waals surface area contributed by atoms with Crippen molar-refractivity contribution in [3.63, 3.8) is 0 Å². The zero-order valence-electron chi connectivity index (χ0n) is 13.3. The second-order valence-electron chi connectivity index (χ2n) is 5.89. The van der Waals surface area contributed by atoms with E-state index in [4.69, 9.17) is 9.84 Å². The zero-order valence-corrected chi connectivity index (χ0v) is 13.3. The molecular weight excluding hydrogens is 300 g/mol. The molecule has 0 spiro atoms. The van der Waals surface area contributed by atoms with Crippen LogP contribution in [0.4, 0.5) is 0 Å². The molecule has 0 aliphatic heterocycles. The molecule has 4 heteroatoms. The van der Waals surface area contributed by atoms with Crippen LogP contribution in [0, 0.1) is 0 Å². The third kappa shape index (κ3) is 2.71. The van der Waals surface area contributed by atoms with Gasteiger partial charge in [0, 0.05) is 6.42 Å². The van der Waals surface area contributed by atoms with Crippen LogP contribution < -0.4 is 4.74 Å². The number of hydrogen-bond donors (Lipinski definition) is 0. The Labute approximate surface area is 140 Å². The van der Waals surface area contributed by atoms with Crippen LogP contribution in [0.15, 0.2) is 60.7 Å². The molecule has 1 aliphatic rings. The van der Waals surface area contributed by atoms with E-state index < -0.39 is 0 Å². The predicted octanol–water partition coefficient (Wildman–Crippen LogP) is 3.97. The van der Waals surface area contributed by atoms with Gasteiger partial charge < -0.3 is 4.74 Å². The number of ether oxygens (including phenoxy) is 1. The van der Waals surface area contributed by atoms with Gasteiger partial charge in [-0.1, -0.05) is 36.4 Å². The Morgan fingerprint density at radius 1 is 0.958 bits per heavy atom. The molecule has 1 aliphatic carbocycles. The molecular formula is C20H18N2O2. The highest BCUT2D eigenvalue weighted by atomic mass is 16.5. The Morgan fingerprint density at radius 2 is 1.67 bits per heavy atom. The number of rotatable bonds is 4. The standard InChI is InChI=1S/C20H18N2O2/c23-19-13-7-12-18-20(19)17(14-24-16-10-5-2-6-11-16)21-22(18)15-8-3-1-4-9-15/h1-6,8-11H,7,12-14H2. The molecule has 0 saturated heterocycles. The first-order chi connectivity index (χ1) is 11.8. The number of carbonyl (C=O) groups excluding carboxylic acids is 1. The average molecular weight is 318 g/mol. The molecule has 0 amide bonds. The highest BCUT2D eigenvalue weighted by molar-refractivity contribution is 5.99. The summed E-state index contributed by atoms with van der Waals surface area (Å²) >= 11 is 0. The number of nitrogens with zero attached hydrogens (tertiary/aromatic N) is 2. The number of carbonyl (C=O) groups is 1. The van der Waals surface area contributed by atoms with Crippen LogP contribution in [0.1, 0.15) is 34.6 Å². The lowest BCUT2D eigenvalue weighted by Gasteiger charge is -2.13. The molecule has 120 valence electrons. The maximum Gasteiger partial charge on any atom is 0.166 e. The largest absolute Gasteiger partial charge is 0.487 e. The Balaban J connectivity index is 1.71. The van der Waals surface area contributed by atoms with Crippen LogP contribution in [0.25, 0.3) is 5.69 Å². The molecule has 1 heterocycles. The van der Waals surface area contributed by atoms with Crippen molar-refractivity contribution in [2.75, 3.05) is 0 Å². The van der Waals surface area contributed by atoms with Gasteiger partial charge in [0.2, 0.25) is 0 Å². The lowest BCUT2D eigenvalue weighted by Crippen LogP contribution is -2.14. The van der Waals surface area contributed by atoms with E-state index in [1.807, 2.05) is 65.3 Å². The second-order valence-corrected chi connectivity index (χ2v) is 5.89. The van der Waals surface area contributed by atoms with Crippen molar-refractivity contribution in [1.82, 2.24) is 9.78 Å².